The Morgan fingerprint density at radius 3 is 1.66 bits per heavy atom. The molecule has 3 aromatic carbocycles. The highest BCUT2D eigenvalue weighted by Gasteiger charge is 2.48. The molecule has 32 heavy (non-hydrogen) atoms. The highest BCUT2D eigenvalue weighted by molar-refractivity contribution is 5.82. The van der Waals surface area contributed by atoms with Crippen LogP contribution in [0.2, 0.25) is 0 Å². The zero-order chi connectivity index (χ0) is 22.7. The van der Waals surface area contributed by atoms with Crippen LogP contribution in [0.5, 0.6) is 0 Å². The zero-order valence-electron chi connectivity index (χ0n) is 17.9. The molecule has 1 fully saturated rings. The molecule has 166 valence electrons. The molecule has 0 N–H and O–H groups in total. The van der Waals surface area contributed by atoms with Crippen molar-refractivity contribution in [2.45, 2.75) is 37.4 Å². The van der Waals surface area contributed by atoms with Crippen LogP contribution in [0.15, 0.2) is 91.0 Å². The van der Waals surface area contributed by atoms with Crippen molar-refractivity contribution in [3.05, 3.63) is 108 Å². The van der Waals surface area contributed by atoms with Crippen LogP contribution in [0.25, 0.3) is 0 Å². The van der Waals surface area contributed by atoms with Gasteiger partial charge in [0.25, 0.3) is 0 Å². The van der Waals surface area contributed by atoms with Gasteiger partial charge in [0.1, 0.15) is 0 Å². The van der Waals surface area contributed by atoms with Gasteiger partial charge in [-0.1, -0.05) is 97.9 Å². The average molecular weight is 438 g/mol. The van der Waals surface area contributed by atoms with Crippen molar-refractivity contribution in [2.24, 2.45) is 5.92 Å². The monoisotopic (exact) mass is 437 g/mol. The van der Waals surface area contributed by atoms with Gasteiger partial charge in [0.2, 0.25) is 0 Å². The van der Waals surface area contributed by atoms with E-state index in [0.717, 1.165) is 21.6 Å². The van der Waals surface area contributed by atoms with Crippen molar-refractivity contribution in [3.8, 4) is 0 Å². The predicted octanol–water partition coefficient (Wildman–Crippen LogP) is 6.73. The first-order valence-corrected chi connectivity index (χ1v) is 10.9. The van der Waals surface area contributed by atoms with E-state index in [1.165, 1.54) is 0 Å². The van der Waals surface area contributed by atoms with Crippen molar-refractivity contribution < 1.29 is 18.0 Å². The van der Waals surface area contributed by atoms with Gasteiger partial charge in [-0.05, 0) is 34.9 Å². The van der Waals surface area contributed by atoms with Crippen LogP contribution in [-0.4, -0.2) is 23.5 Å². The van der Waals surface area contributed by atoms with Crippen LogP contribution in [-0.2, 0) is 4.79 Å². The second kappa shape index (κ2) is 9.19. The maximum atomic E-state index is 13.7. The molecule has 0 bridgehead atoms. The minimum Gasteiger partial charge on any atom is -0.327 e. The fourth-order valence-corrected chi connectivity index (χ4v) is 5.00. The quantitative estimate of drug-likeness (QED) is 0.445. The van der Waals surface area contributed by atoms with Gasteiger partial charge in [-0.2, -0.15) is 13.2 Å². The molecule has 2 nitrogen and oxygen atoms in total. The second-order valence-electron chi connectivity index (χ2n) is 8.51. The Hall–Kier alpha value is -3.08. The first-order chi connectivity index (χ1) is 15.4. The maximum absolute atomic E-state index is 13.7. The Morgan fingerprint density at radius 1 is 0.750 bits per heavy atom. The minimum atomic E-state index is -4.93. The van der Waals surface area contributed by atoms with Gasteiger partial charge in [-0.15, -0.1) is 0 Å². The van der Waals surface area contributed by atoms with Crippen molar-refractivity contribution in [2.75, 3.05) is 6.54 Å². The van der Waals surface area contributed by atoms with E-state index in [2.05, 4.69) is 6.92 Å². The number of rotatable bonds is 3. The van der Waals surface area contributed by atoms with E-state index >= 15 is 0 Å². The summed E-state index contributed by atoms with van der Waals surface area (Å²) in [5.74, 6) is -1.95. The fourth-order valence-electron chi connectivity index (χ4n) is 5.00. The lowest BCUT2D eigenvalue weighted by Crippen LogP contribution is -2.44. The molecule has 0 radical (unpaired) electrons. The van der Waals surface area contributed by atoms with Gasteiger partial charge in [0.15, 0.2) is 0 Å². The number of carbonyl (C=O) groups excluding carboxylic acids is 1. The Kier molecular flexibility index (Phi) is 6.35. The number of halogens is 3. The third-order valence-electron chi connectivity index (χ3n) is 6.66. The van der Waals surface area contributed by atoms with Crippen LogP contribution in [0.4, 0.5) is 13.2 Å². The number of carbonyl (C=O) groups is 1. The fraction of sp³-hybridized carbons (Fsp3) is 0.296. The number of alkyl halides is 3. The molecule has 4 rings (SSSR count). The molecule has 0 aromatic heterocycles. The Balaban J connectivity index is 1.86. The van der Waals surface area contributed by atoms with Gasteiger partial charge in [0, 0.05) is 12.5 Å². The molecular formula is C27H26F3NO. The predicted molar refractivity (Wildman–Crippen MR) is 119 cm³/mol. The number of nitrogens with zero attached hydrogens (tertiary/aromatic N) is 1. The molecule has 1 aliphatic rings. The summed E-state index contributed by atoms with van der Waals surface area (Å²) in [4.78, 5) is 13.7. The van der Waals surface area contributed by atoms with Gasteiger partial charge < -0.3 is 4.90 Å². The van der Waals surface area contributed by atoms with Crippen molar-refractivity contribution in [1.82, 2.24) is 4.90 Å². The molecule has 1 heterocycles. The van der Waals surface area contributed by atoms with E-state index in [-0.39, 0.29) is 24.3 Å². The summed E-state index contributed by atoms with van der Waals surface area (Å²) in [5.41, 5.74) is 2.77. The zero-order valence-corrected chi connectivity index (χ0v) is 17.9. The lowest BCUT2D eigenvalue weighted by Gasteiger charge is -2.33. The molecule has 3 aromatic rings. The van der Waals surface area contributed by atoms with Gasteiger partial charge >= 0.3 is 12.1 Å². The summed E-state index contributed by atoms with van der Waals surface area (Å²) < 4.78 is 41.1. The van der Waals surface area contributed by atoms with Crippen LogP contribution in [0.3, 0.4) is 0 Å². The molecular weight excluding hydrogens is 411 g/mol. The van der Waals surface area contributed by atoms with Crippen LogP contribution in [0.1, 0.15) is 47.9 Å². The van der Waals surface area contributed by atoms with Crippen LogP contribution >= 0.6 is 0 Å². The van der Waals surface area contributed by atoms with Crippen LogP contribution in [0, 0.1) is 5.92 Å². The molecule has 1 aliphatic heterocycles. The van der Waals surface area contributed by atoms with E-state index in [9.17, 15) is 18.0 Å². The normalized spacial score (nSPS) is 24.1. The molecule has 0 aliphatic carbocycles. The SMILES string of the molecule is C[C@H]1[C@@H](c2ccccc2)CN(C(=O)C(F)(F)F)[C@H](c2ccccc2)C[C@H]1c1ccccc1. The van der Waals surface area contributed by atoms with E-state index in [0.29, 0.717) is 6.42 Å². The largest absolute Gasteiger partial charge is 0.471 e. The third-order valence-corrected chi connectivity index (χ3v) is 6.66. The number of hydrogen-bond acceptors (Lipinski definition) is 1. The van der Waals surface area contributed by atoms with E-state index < -0.39 is 18.1 Å². The molecule has 5 heteroatoms. The summed E-state index contributed by atoms with van der Waals surface area (Å²) in [5, 5.41) is 0. The van der Waals surface area contributed by atoms with Crippen molar-refractivity contribution in [3.63, 3.8) is 0 Å². The molecule has 1 saturated heterocycles. The van der Waals surface area contributed by atoms with Gasteiger partial charge in [-0.3, -0.25) is 4.79 Å². The summed E-state index contributed by atoms with van der Waals surface area (Å²) >= 11 is 0. The smallest absolute Gasteiger partial charge is 0.327 e. The Morgan fingerprint density at radius 2 is 1.19 bits per heavy atom. The van der Waals surface area contributed by atoms with E-state index in [4.69, 9.17) is 0 Å². The summed E-state index contributed by atoms with van der Waals surface area (Å²) in [6, 6.07) is 27.9. The number of benzene rings is 3. The van der Waals surface area contributed by atoms with Gasteiger partial charge in [0.05, 0.1) is 6.04 Å². The first-order valence-electron chi connectivity index (χ1n) is 10.9. The highest BCUT2D eigenvalue weighted by atomic mass is 19.4. The number of hydrogen-bond donors (Lipinski definition) is 0. The van der Waals surface area contributed by atoms with Crippen molar-refractivity contribution in [1.29, 1.82) is 0 Å². The molecule has 1 amide bonds. The summed E-state index contributed by atoms with van der Waals surface area (Å²) in [6.45, 7) is 2.12. The molecule has 0 unspecified atom stereocenters. The second-order valence-corrected chi connectivity index (χ2v) is 8.51. The summed E-state index contributed by atoms with van der Waals surface area (Å²) in [6.07, 6.45) is -4.50. The third kappa shape index (κ3) is 4.57. The molecule has 4 atom stereocenters. The van der Waals surface area contributed by atoms with Crippen LogP contribution < -0.4 is 0 Å². The Labute approximate surface area is 186 Å². The maximum Gasteiger partial charge on any atom is 0.471 e. The Bertz CT molecular complexity index is 1020. The number of likely N-dealkylation sites (tertiary alicyclic amines) is 1. The van der Waals surface area contributed by atoms with Gasteiger partial charge in [-0.25, -0.2) is 0 Å². The topological polar surface area (TPSA) is 20.3 Å². The van der Waals surface area contributed by atoms with Crippen molar-refractivity contribution >= 4 is 5.91 Å². The lowest BCUT2D eigenvalue weighted by atomic mass is 9.74. The number of amides is 1. The molecule has 0 spiro atoms. The van der Waals surface area contributed by atoms with E-state index in [1.54, 1.807) is 0 Å². The highest BCUT2D eigenvalue weighted by Crippen LogP contribution is 2.47. The lowest BCUT2D eigenvalue weighted by molar-refractivity contribution is -0.188. The average Bonchev–Trinajstić information content (AvgIpc) is 2.96. The standard InChI is InChI=1S/C27H26F3NO/c1-19-23(20-11-5-2-6-12-20)17-25(22-15-9-4-10-16-22)31(26(32)27(28,29)30)18-24(19)21-13-7-3-8-14-21/h2-16,19,23-25H,17-18H2,1H3/t19-,23-,24+,25+/m1/s1. The molecule has 0 saturated carbocycles. The van der Waals surface area contributed by atoms with E-state index in [1.807, 2.05) is 91.0 Å². The minimum absolute atomic E-state index is 0.00218. The summed E-state index contributed by atoms with van der Waals surface area (Å²) in [7, 11) is 0. The first kappa shape index (κ1) is 22.1.